The van der Waals surface area contributed by atoms with Crippen LogP contribution in [0, 0.1) is 6.92 Å². The first-order chi connectivity index (χ1) is 16.2. The van der Waals surface area contributed by atoms with Crippen LogP contribution in [-0.4, -0.2) is 4.57 Å². The lowest BCUT2D eigenvalue weighted by Gasteiger charge is -2.18. The lowest BCUT2D eigenvalue weighted by atomic mass is 10.0. The summed E-state index contributed by atoms with van der Waals surface area (Å²) in [7, 11) is 0. The van der Waals surface area contributed by atoms with E-state index in [1.807, 2.05) is 24.3 Å². The van der Waals surface area contributed by atoms with Crippen LogP contribution >= 0.6 is 0 Å². The van der Waals surface area contributed by atoms with E-state index in [0.29, 0.717) is 5.58 Å². The Morgan fingerprint density at radius 2 is 1.12 bits per heavy atom. The Bertz CT molecular complexity index is 1600. The highest BCUT2D eigenvalue weighted by Gasteiger charge is 2.22. The fourth-order valence-electron chi connectivity index (χ4n) is 4.78. The van der Waals surface area contributed by atoms with E-state index < -0.39 is 0 Å². The average Bonchev–Trinajstić information content (AvgIpc) is 3.20. The molecular weight excluding hydrogens is 406 g/mol. The predicted molar refractivity (Wildman–Crippen MR) is 135 cm³/mol. The topological polar surface area (TPSA) is 35.1 Å². The molecule has 6 aromatic rings. The number of benzene rings is 4. The molecule has 0 aliphatic heterocycles. The van der Waals surface area contributed by atoms with Gasteiger partial charge in [-0.2, -0.15) is 0 Å². The highest BCUT2D eigenvalue weighted by atomic mass is 16.4. The largest absolute Gasteiger partial charge is 0.423 e. The number of hydrogen-bond donors (Lipinski definition) is 0. The van der Waals surface area contributed by atoms with Crippen molar-refractivity contribution in [3.05, 3.63) is 125 Å². The van der Waals surface area contributed by atoms with Crippen molar-refractivity contribution in [3.63, 3.8) is 0 Å². The zero-order valence-corrected chi connectivity index (χ0v) is 18.2. The second kappa shape index (κ2) is 7.64. The average molecular weight is 428 g/mol. The molecule has 0 aliphatic carbocycles. The minimum Gasteiger partial charge on any atom is -0.423 e. The van der Waals surface area contributed by atoms with Gasteiger partial charge in [-0.25, -0.2) is 4.79 Å². The Kier molecular flexibility index (Phi) is 4.48. The highest BCUT2D eigenvalue weighted by Crippen LogP contribution is 2.42. The van der Waals surface area contributed by atoms with Crippen LogP contribution in [-0.2, 0) is 0 Å². The smallest absolute Gasteiger partial charge is 0.336 e. The van der Waals surface area contributed by atoms with Gasteiger partial charge >= 0.3 is 5.63 Å². The quantitative estimate of drug-likeness (QED) is 0.276. The van der Waals surface area contributed by atoms with E-state index in [1.165, 1.54) is 16.8 Å². The van der Waals surface area contributed by atoms with E-state index in [0.717, 1.165) is 39.2 Å². The molecule has 0 amide bonds. The summed E-state index contributed by atoms with van der Waals surface area (Å²) in [4.78, 5) is 11.8. The number of hydrogen-bond acceptors (Lipinski definition) is 2. The van der Waals surface area contributed by atoms with Crippen LogP contribution in [0.5, 0.6) is 0 Å². The molecule has 0 fully saturated rings. The third-order valence-corrected chi connectivity index (χ3v) is 6.26. The summed E-state index contributed by atoms with van der Waals surface area (Å²) >= 11 is 0. The van der Waals surface area contributed by atoms with Crippen LogP contribution in [0.15, 0.2) is 118 Å². The van der Waals surface area contributed by atoms with E-state index in [4.69, 9.17) is 4.42 Å². The van der Waals surface area contributed by atoms with Gasteiger partial charge in [-0.05, 0) is 41.8 Å². The molecule has 0 bridgehead atoms. The maximum absolute atomic E-state index is 11.8. The Hall–Kier alpha value is -4.37. The zero-order valence-electron chi connectivity index (χ0n) is 18.2. The summed E-state index contributed by atoms with van der Waals surface area (Å²) in [6.45, 7) is 2.09. The van der Waals surface area contributed by atoms with Gasteiger partial charge in [0, 0.05) is 22.2 Å². The maximum Gasteiger partial charge on any atom is 0.336 e. The summed E-state index contributed by atoms with van der Waals surface area (Å²) in [5.74, 6) is 0. The lowest BCUT2D eigenvalue weighted by Crippen LogP contribution is -2.03. The maximum atomic E-state index is 11.8. The van der Waals surface area contributed by atoms with Crippen LogP contribution < -0.4 is 5.63 Å². The van der Waals surface area contributed by atoms with Gasteiger partial charge in [0.1, 0.15) is 5.58 Å². The molecule has 0 radical (unpaired) electrons. The number of nitrogens with zero attached hydrogens (tertiary/aromatic N) is 1. The molecule has 2 aromatic heterocycles. The van der Waals surface area contributed by atoms with E-state index in [1.54, 1.807) is 0 Å². The van der Waals surface area contributed by atoms with Crippen molar-refractivity contribution in [3.8, 4) is 28.2 Å². The molecule has 0 N–H and O–H groups in total. The molecular formula is C30H21NO2. The molecule has 0 saturated carbocycles. The molecule has 0 saturated heterocycles. The van der Waals surface area contributed by atoms with Crippen molar-refractivity contribution < 1.29 is 4.42 Å². The van der Waals surface area contributed by atoms with E-state index >= 15 is 0 Å². The summed E-state index contributed by atoms with van der Waals surface area (Å²) in [5, 5.41) is 3.33. The van der Waals surface area contributed by atoms with Gasteiger partial charge in [0.05, 0.1) is 17.1 Å². The van der Waals surface area contributed by atoms with Crippen LogP contribution in [0.1, 0.15) is 5.56 Å². The van der Waals surface area contributed by atoms with Crippen molar-refractivity contribution in [2.45, 2.75) is 6.92 Å². The summed E-state index contributed by atoms with van der Waals surface area (Å²) in [6.07, 6.45) is 0. The van der Waals surface area contributed by atoms with Crippen molar-refractivity contribution in [2.75, 3.05) is 0 Å². The van der Waals surface area contributed by atoms with Gasteiger partial charge in [0.25, 0.3) is 0 Å². The SMILES string of the molecule is Cc1c(-n2c(-c3ccccc3)c3ccccc3c2-c2ccccc2)ccc2oc(=O)ccc12. The normalized spacial score (nSPS) is 11.3. The Morgan fingerprint density at radius 3 is 1.70 bits per heavy atom. The minimum atomic E-state index is -0.337. The molecule has 6 rings (SSSR count). The van der Waals surface area contributed by atoms with Gasteiger partial charge in [-0.15, -0.1) is 0 Å². The number of fused-ring (bicyclic) bond motifs is 2. The van der Waals surface area contributed by atoms with Gasteiger partial charge in [0.2, 0.25) is 0 Å². The van der Waals surface area contributed by atoms with Gasteiger partial charge < -0.3 is 8.98 Å². The summed E-state index contributed by atoms with van der Waals surface area (Å²) in [5.41, 5.74) is 6.97. The summed E-state index contributed by atoms with van der Waals surface area (Å²) in [6, 6.07) is 36.9. The molecule has 2 heterocycles. The van der Waals surface area contributed by atoms with E-state index in [9.17, 15) is 4.79 Å². The molecule has 0 unspecified atom stereocenters. The Balaban J connectivity index is 1.80. The monoisotopic (exact) mass is 427 g/mol. The molecule has 0 spiro atoms. The first-order valence-electron chi connectivity index (χ1n) is 11.0. The molecule has 0 atom stereocenters. The number of rotatable bonds is 3. The molecule has 158 valence electrons. The van der Waals surface area contributed by atoms with Gasteiger partial charge in [-0.3, -0.25) is 0 Å². The zero-order chi connectivity index (χ0) is 22.4. The highest BCUT2D eigenvalue weighted by molar-refractivity contribution is 6.07. The van der Waals surface area contributed by atoms with Crippen LogP contribution in [0.3, 0.4) is 0 Å². The van der Waals surface area contributed by atoms with Crippen LogP contribution in [0.25, 0.3) is 49.9 Å². The summed E-state index contributed by atoms with van der Waals surface area (Å²) < 4.78 is 7.81. The Morgan fingerprint density at radius 1 is 0.576 bits per heavy atom. The van der Waals surface area contributed by atoms with Gasteiger partial charge in [-0.1, -0.05) is 84.9 Å². The molecule has 0 aliphatic rings. The molecule has 3 nitrogen and oxygen atoms in total. The first-order valence-corrected chi connectivity index (χ1v) is 11.0. The van der Waals surface area contributed by atoms with Crippen LogP contribution in [0.4, 0.5) is 0 Å². The standard InChI is InChI=1S/C30H21NO2/c1-20-23-16-19-28(32)33-27(23)18-17-26(20)31-29(21-10-4-2-5-11-21)24-14-8-9-15-25(24)30(31)22-12-6-3-7-13-22/h2-19H,1H3. The minimum absolute atomic E-state index is 0.337. The second-order valence-corrected chi connectivity index (χ2v) is 8.19. The van der Waals surface area contributed by atoms with E-state index in [-0.39, 0.29) is 5.63 Å². The van der Waals surface area contributed by atoms with Crippen LogP contribution in [0.2, 0.25) is 0 Å². The third-order valence-electron chi connectivity index (χ3n) is 6.26. The van der Waals surface area contributed by atoms with Crippen molar-refractivity contribution in [1.29, 1.82) is 0 Å². The van der Waals surface area contributed by atoms with E-state index in [2.05, 4.69) is 90.4 Å². The number of aryl methyl sites for hydroxylation is 1. The molecule has 33 heavy (non-hydrogen) atoms. The van der Waals surface area contributed by atoms with Crippen molar-refractivity contribution in [2.24, 2.45) is 0 Å². The molecule has 4 aromatic carbocycles. The third kappa shape index (κ3) is 3.09. The fourth-order valence-corrected chi connectivity index (χ4v) is 4.78. The first kappa shape index (κ1) is 19.3. The lowest BCUT2D eigenvalue weighted by molar-refractivity contribution is 0.561. The fraction of sp³-hybridized carbons (Fsp3) is 0.0333. The second-order valence-electron chi connectivity index (χ2n) is 8.19. The Labute approximate surface area is 191 Å². The number of aromatic nitrogens is 1. The van der Waals surface area contributed by atoms with Gasteiger partial charge in [0.15, 0.2) is 0 Å². The molecule has 3 heteroatoms. The van der Waals surface area contributed by atoms with Crippen molar-refractivity contribution in [1.82, 2.24) is 4.57 Å². The van der Waals surface area contributed by atoms with Crippen molar-refractivity contribution >= 4 is 21.7 Å². The predicted octanol–water partition coefficient (Wildman–Crippen LogP) is 7.38.